The van der Waals surface area contributed by atoms with Crippen molar-refractivity contribution in [3.63, 3.8) is 0 Å². The van der Waals surface area contributed by atoms with Gasteiger partial charge in [-0.05, 0) is 43.5 Å². The highest BCUT2D eigenvalue weighted by molar-refractivity contribution is 9.10. The van der Waals surface area contributed by atoms with Crippen LogP contribution in [-0.2, 0) is 11.2 Å². The Bertz CT molecular complexity index is 456. The van der Waals surface area contributed by atoms with E-state index < -0.39 is 11.7 Å². The highest BCUT2D eigenvalue weighted by Gasteiger charge is 2.39. The van der Waals surface area contributed by atoms with Gasteiger partial charge in [-0.1, -0.05) is 41.6 Å². The van der Waals surface area contributed by atoms with Crippen LogP contribution in [0.25, 0.3) is 0 Å². The van der Waals surface area contributed by atoms with Crippen LogP contribution in [0.3, 0.4) is 0 Å². The van der Waals surface area contributed by atoms with E-state index in [4.69, 9.17) is 4.74 Å². The van der Waals surface area contributed by atoms with E-state index in [1.54, 1.807) is 6.07 Å². The Morgan fingerprint density at radius 3 is 2.57 bits per heavy atom. The van der Waals surface area contributed by atoms with Gasteiger partial charge in [-0.3, -0.25) is 0 Å². The van der Waals surface area contributed by atoms with Gasteiger partial charge in [-0.25, -0.2) is 4.39 Å². The first-order valence-electron chi connectivity index (χ1n) is 7.83. The third-order valence-electron chi connectivity index (χ3n) is 4.41. The second-order valence-electron chi connectivity index (χ2n) is 5.87. The summed E-state index contributed by atoms with van der Waals surface area (Å²) in [6.07, 6.45) is 6.15. The number of benzene rings is 1. The van der Waals surface area contributed by atoms with Crippen molar-refractivity contribution in [2.75, 3.05) is 6.61 Å². The summed E-state index contributed by atoms with van der Waals surface area (Å²) in [6, 6.07) is 4.60. The molecule has 0 amide bonds. The molecule has 0 spiro atoms. The lowest BCUT2D eigenvalue weighted by molar-refractivity contribution is -0.128. The highest BCUT2D eigenvalue weighted by atomic mass is 79.9. The lowest BCUT2D eigenvalue weighted by atomic mass is 9.84. The summed E-state index contributed by atoms with van der Waals surface area (Å²) >= 11 is 3.44. The summed E-state index contributed by atoms with van der Waals surface area (Å²) < 4.78 is 20.2. The highest BCUT2D eigenvalue weighted by Crippen LogP contribution is 2.35. The molecule has 1 aliphatic rings. The maximum atomic E-state index is 13.4. The Kier molecular flexibility index (Phi) is 6.20. The Morgan fingerprint density at radius 1 is 1.29 bits per heavy atom. The zero-order valence-electron chi connectivity index (χ0n) is 12.6. The molecule has 4 heteroatoms. The monoisotopic (exact) mass is 358 g/mol. The minimum absolute atomic E-state index is 0.272. The van der Waals surface area contributed by atoms with E-state index in [1.807, 2.05) is 6.92 Å². The molecule has 0 radical (unpaired) electrons. The Labute approximate surface area is 134 Å². The van der Waals surface area contributed by atoms with Gasteiger partial charge < -0.3 is 9.84 Å². The van der Waals surface area contributed by atoms with E-state index in [0.717, 1.165) is 35.7 Å². The number of hydrogen-bond donors (Lipinski definition) is 1. The smallest absolute Gasteiger partial charge is 0.123 e. The second-order valence-corrected chi connectivity index (χ2v) is 6.72. The van der Waals surface area contributed by atoms with Gasteiger partial charge in [-0.15, -0.1) is 0 Å². The quantitative estimate of drug-likeness (QED) is 0.778. The molecule has 1 N–H and O–H groups in total. The van der Waals surface area contributed by atoms with Gasteiger partial charge in [0.05, 0.1) is 11.7 Å². The fraction of sp³-hybridized carbons (Fsp3) is 0.647. The van der Waals surface area contributed by atoms with Gasteiger partial charge in [0.1, 0.15) is 5.82 Å². The molecule has 1 saturated carbocycles. The van der Waals surface area contributed by atoms with E-state index in [0.29, 0.717) is 13.0 Å². The summed E-state index contributed by atoms with van der Waals surface area (Å²) in [5, 5.41) is 10.8. The van der Waals surface area contributed by atoms with Crippen LogP contribution in [0, 0.1) is 5.82 Å². The van der Waals surface area contributed by atoms with Crippen molar-refractivity contribution in [2.24, 2.45) is 0 Å². The van der Waals surface area contributed by atoms with Gasteiger partial charge in [-0.2, -0.15) is 0 Å². The first-order valence-corrected chi connectivity index (χ1v) is 8.62. The molecule has 118 valence electrons. The van der Waals surface area contributed by atoms with Crippen LogP contribution in [0.4, 0.5) is 4.39 Å². The van der Waals surface area contributed by atoms with Crippen molar-refractivity contribution < 1.29 is 14.2 Å². The van der Waals surface area contributed by atoms with Crippen LogP contribution < -0.4 is 0 Å². The molecule has 21 heavy (non-hydrogen) atoms. The number of hydrogen-bond acceptors (Lipinski definition) is 2. The number of halogens is 2. The van der Waals surface area contributed by atoms with E-state index in [1.165, 1.54) is 25.0 Å². The molecule has 0 aliphatic heterocycles. The lowest BCUT2D eigenvalue weighted by Gasteiger charge is -2.37. The average molecular weight is 359 g/mol. The molecule has 1 aromatic carbocycles. The second kappa shape index (κ2) is 7.70. The van der Waals surface area contributed by atoms with E-state index in [9.17, 15) is 9.50 Å². The summed E-state index contributed by atoms with van der Waals surface area (Å²) in [5.41, 5.74) is 0.322. The van der Waals surface area contributed by atoms with E-state index >= 15 is 0 Å². The zero-order valence-corrected chi connectivity index (χ0v) is 14.2. The van der Waals surface area contributed by atoms with Crippen LogP contribution in [0.2, 0.25) is 0 Å². The normalized spacial score (nSPS) is 20.0. The summed E-state index contributed by atoms with van der Waals surface area (Å²) in [5.74, 6) is -0.272. The maximum absolute atomic E-state index is 13.4. The SMILES string of the molecule is CCOC1(C(O)Cc2cc(F)ccc2Br)CCCCCC1. The first kappa shape index (κ1) is 16.9. The number of aliphatic hydroxyl groups excluding tert-OH is 1. The van der Waals surface area contributed by atoms with Crippen molar-refractivity contribution in [3.05, 3.63) is 34.1 Å². The summed E-state index contributed by atoms with van der Waals surface area (Å²) in [7, 11) is 0. The number of ether oxygens (including phenoxy) is 1. The summed E-state index contributed by atoms with van der Waals surface area (Å²) in [4.78, 5) is 0. The van der Waals surface area contributed by atoms with Gasteiger partial charge in [0, 0.05) is 17.5 Å². The fourth-order valence-electron chi connectivity index (χ4n) is 3.28. The van der Waals surface area contributed by atoms with E-state index in [-0.39, 0.29) is 5.82 Å². The molecule has 2 nitrogen and oxygen atoms in total. The van der Waals surface area contributed by atoms with Crippen molar-refractivity contribution in [1.82, 2.24) is 0 Å². The van der Waals surface area contributed by atoms with Crippen LogP contribution >= 0.6 is 15.9 Å². The third-order valence-corrected chi connectivity index (χ3v) is 5.18. The van der Waals surface area contributed by atoms with Gasteiger partial charge in [0.15, 0.2) is 0 Å². The number of rotatable bonds is 5. The van der Waals surface area contributed by atoms with Gasteiger partial charge in [0.2, 0.25) is 0 Å². The Morgan fingerprint density at radius 2 is 1.95 bits per heavy atom. The average Bonchev–Trinajstić information content (AvgIpc) is 2.70. The predicted molar refractivity (Wildman–Crippen MR) is 85.9 cm³/mol. The van der Waals surface area contributed by atoms with Crippen molar-refractivity contribution in [3.8, 4) is 0 Å². The van der Waals surface area contributed by atoms with Crippen molar-refractivity contribution in [2.45, 2.75) is 63.6 Å². The predicted octanol–water partition coefficient (Wildman–Crippen LogP) is 4.62. The van der Waals surface area contributed by atoms with Crippen molar-refractivity contribution >= 4 is 15.9 Å². The van der Waals surface area contributed by atoms with E-state index in [2.05, 4.69) is 15.9 Å². The molecular formula is C17H24BrFO2. The van der Waals surface area contributed by atoms with Crippen LogP contribution in [0.5, 0.6) is 0 Å². The topological polar surface area (TPSA) is 29.5 Å². The standard InChI is InChI=1S/C17H24BrFO2/c1-2-21-17(9-5-3-4-6-10-17)16(20)12-13-11-14(19)7-8-15(13)18/h7-8,11,16,20H,2-6,9-10,12H2,1H3. The Balaban J connectivity index is 2.17. The summed E-state index contributed by atoms with van der Waals surface area (Å²) in [6.45, 7) is 2.57. The minimum atomic E-state index is -0.603. The largest absolute Gasteiger partial charge is 0.390 e. The molecular weight excluding hydrogens is 335 g/mol. The fourth-order valence-corrected chi connectivity index (χ4v) is 3.69. The van der Waals surface area contributed by atoms with Gasteiger partial charge in [0.25, 0.3) is 0 Å². The third kappa shape index (κ3) is 4.27. The van der Waals surface area contributed by atoms with Gasteiger partial charge >= 0.3 is 0 Å². The molecule has 0 heterocycles. The first-order chi connectivity index (χ1) is 10.1. The molecule has 1 atom stereocenters. The van der Waals surface area contributed by atoms with Crippen LogP contribution in [0.1, 0.15) is 51.0 Å². The molecule has 1 unspecified atom stereocenters. The molecule has 1 aromatic rings. The maximum Gasteiger partial charge on any atom is 0.123 e. The van der Waals surface area contributed by atoms with Crippen LogP contribution in [-0.4, -0.2) is 23.4 Å². The lowest BCUT2D eigenvalue weighted by Crippen LogP contribution is -2.46. The Hall–Kier alpha value is -0.450. The molecule has 1 aliphatic carbocycles. The minimum Gasteiger partial charge on any atom is -0.390 e. The molecule has 1 fully saturated rings. The molecule has 0 bridgehead atoms. The van der Waals surface area contributed by atoms with Crippen LogP contribution in [0.15, 0.2) is 22.7 Å². The van der Waals surface area contributed by atoms with Crippen molar-refractivity contribution in [1.29, 1.82) is 0 Å². The zero-order chi connectivity index (χ0) is 15.3. The molecule has 0 saturated heterocycles. The molecule has 0 aromatic heterocycles. The molecule has 2 rings (SSSR count). The number of aliphatic hydroxyl groups is 1.